The molecule has 0 saturated carbocycles. The Morgan fingerprint density at radius 1 is 1.24 bits per heavy atom. The number of hydrogen-bond acceptors (Lipinski definition) is 9. The van der Waals surface area contributed by atoms with Gasteiger partial charge in [-0.2, -0.15) is 0 Å². The third kappa shape index (κ3) is 4.28. The van der Waals surface area contributed by atoms with Crippen LogP contribution in [0.4, 0.5) is 14.5 Å². The molecule has 1 aromatic carbocycles. The largest absolute Gasteiger partial charge is 0.377 e. The summed E-state index contributed by atoms with van der Waals surface area (Å²) in [6.07, 6.45) is -1.28. The number of piperazine rings is 1. The molecule has 2 aliphatic heterocycles. The quantitative estimate of drug-likeness (QED) is 0.515. The second-order valence-corrected chi connectivity index (χ2v) is 11.9. The molecule has 4 heterocycles. The van der Waals surface area contributed by atoms with E-state index in [1.165, 1.54) is 17.0 Å². The highest BCUT2D eigenvalue weighted by Gasteiger charge is 2.38. The summed E-state index contributed by atoms with van der Waals surface area (Å²) in [7, 11) is -3.91. The van der Waals surface area contributed by atoms with E-state index in [0.717, 1.165) is 11.3 Å². The van der Waals surface area contributed by atoms with Crippen molar-refractivity contribution in [2.45, 2.75) is 49.7 Å². The molecule has 3 aromatic rings. The van der Waals surface area contributed by atoms with Gasteiger partial charge in [0.25, 0.3) is 6.43 Å². The number of alkyl halides is 2. The first kappa shape index (κ1) is 23.5. The Bertz CT molecular complexity index is 1310. The monoisotopic (exact) mass is 513 g/mol. The molecule has 0 spiro atoms. The predicted molar refractivity (Wildman–Crippen MR) is 123 cm³/mol. The number of nitrogens with zero attached hydrogens (tertiary/aromatic N) is 5. The molecule has 5 rings (SSSR count). The maximum absolute atomic E-state index is 13.4. The fourth-order valence-corrected chi connectivity index (χ4v) is 6.51. The zero-order valence-electron chi connectivity index (χ0n) is 18.8. The van der Waals surface area contributed by atoms with Crippen LogP contribution < -0.4 is 14.9 Å². The number of hydrogen-bond donors (Lipinski definition) is 2. The maximum Gasteiger partial charge on any atom is 0.291 e. The molecule has 2 fully saturated rings. The first-order chi connectivity index (χ1) is 16.0. The number of nitrogens with one attached hydrogen (secondary N) is 2. The normalized spacial score (nSPS) is 22.9. The van der Waals surface area contributed by atoms with Crippen LogP contribution in [-0.2, 0) is 14.8 Å². The van der Waals surface area contributed by atoms with Gasteiger partial charge in [-0.1, -0.05) is 11.3 Å². The molecule has 0 amide bonds. The molecular formula is C20H25F2N7O3S2. The second kappa shape index (κ2) is 8.45. The van der Waals surface area contributed by atoms with Crippen LogP contribution >= 0.6 is 11.3 Å². The summed E-state index contributed by atoms with van der Waals surface area (Å²) < 4.78 is 62.4. The Balaban J connectivity index is 1.65. The first-order valence-corrected chi connectivity index (χ1v) is 13.1. The molecule has 0 unspecified atom stereocenters. The molecule has 2 aromatic heterocycles. The summed E-state index contributed by atoms with van der Waals surface area (Å²) in [5, 5.41) is 10.7. The SMILES string of the molecule is C[C@H]1CN(c2cc(S(=O)(=O)NC3(C)COC3)cc3c2ncn3-c2nnc(C(F)F)s2)C[C@H](C)N1. The number of sulfonamides is 1. The summed E-state index contributed by atoms with van der Waals surface area (Å²) in [6, 6.07) is 3.49. The number of fused-ring (bicyclic) bond motifs is 1. The van der Waals surface area contributed by atoms with Crippen molar-refractivity contribution in [2.24, 2.45) is 0 Å². The van der Waals surface area contributed by atoms with Crippen LogP contribution in [0.3, 0.4) is 0 Å². The van der Waals surface area contributed by atoms with Gasteiger partial charge in [-0.15, -0.1) is 10.2 Å². The minimum Gasteiger partial charge on any atom is -0.377 e. The highest BCUT2D eigenvalue weighted by atomic mass is 32.2. The molecule has 10 nitrogen and oxygen atoms in total. The summed E-state index contributed by atoms with van der Waals surface area (Å²) in [5.41, 5.74) is 0.985. The predicted octanol–water partition coefficient (Wildman–Crippen LogP) is 2.07. The second-order valence-electron chi connectivity index (χ2n) is 9.18. The van der Waals surface area contributed by atoms with Crippen LogP contribution in [0, 0.1) is 0 Å². The molecule has 0 radical (unpaired) electrons. The van der Waals surface area contributed by atoms with E-state index in [1.54, 1.807) is 13.0 Å². The Labute approximate surface area is 199 Å². The average Bonchev–Trinajstić information content (AvgIpc) is 3.38. The van der Waals surface area contributed by atoms with Crippen molar-refractivity contribution >= 4 is 38.1 Å². The van der Waals surface area contributed by atoms with E-state index in [2.05, 4.69) is 44.0 Å². The molecule has 2 atom stereocenters. The van der Waals surface area contributed by atoms with Gasteiger partial charge >= 0.3 is 0 Å². The van der Waals surface area contributed by atoms with Gasteiger partial charge in [-0.3, -0.25) is 4.57 Å². The number of halogens is 2. The molecule has 0 aliphatic carbocycles. The molecule has 2 aliphatic rings. The fourth-order valence-electron chi connectivity index (χ4n) is 4.41. The van der Waals surface area contributed by atoms with Gasteiger partial charge in [-0.25, -0.2) is 26.9 Å². The molecular weight excluding hydrogens is 488 g/mol. The zero-order valence-corrected chi connectivity index (χ0v) is 20.5. The topological polar surface area (TPSA) is 114 Å². The number of ether oxygens (including phenoxy) is 1. The van der Waals surface area contributed by atoms with Crippen molar-refractivity contribution in [3.8, 4) is 5.13 Å². The third-order valence-electron chi connectivity index (χ3n) is 5.86. The van der Waals surface area contributed by atoms with Gasteiger partial charge in [0.1, 0.15) is 11.8 Å². The van der Waals surface area contributed by atoms with E-state index in [1.807, 2.05) is 0 Å². The van der Waals surface area contributed by atoms with Crippen LogP contribution in [0.25, 0.3) is 16.2 Å². The van der Waals surface area contributed by atoms with Crippen molar-refractivity contribution in [1.82, 2.24) is 29.8 Å². The first-order valence-electron chi connectivity index (χ1n) is 10.8. The van der Waals surface area contributed by atoms with Crippen molar-refractivity contribution in [3.63, 3.8) is 0 Å². The number of benzene rings is 1. The number of imidazole rings is 1. The van der Waals surface area contributed by atoms with Crippen LogP contribution in [0.2, 0.25) is 0 Å². The summed E-state index contributed by atoms with van der Waals surface area (Å²) in [5.74, 6) is 0. The van der Waals surface area contributed by atoms with Crippen LogP contribution in [0.15, 0.2) is 23.4 Å². The molecule has 2 saturated heterocycles. The van der Waals surface area contributed by atoms with E-state index >= 15 is 0 Å². The molecule has 0 bridgehead atoms. The average molecular weight is 514 g/mol. The lowest BCUT2D eigenvalue weighted by Crippen LogP contribution is -2.59. The zero-order chi connectivity index (χ0) is 24.3. The van der Waals surface area contributed by atoms with Gasteiger partial charge in [0.05, 0.1) is 34.9 Å². The maximum atomic E-state index is 13.4. The number of anilines is 1. The minimum absolute atomic E-state index is 0.0577. The molecule has 34 heavy (non-hydrogen) atoms. The fraction of sp³-hybridized carbons (Fsp3) is 0.550. The van der Waals surface area contributed by atoms with Crippen molar-refractivity contribution in [3.05, 3.63) is 23.5 Å². The Kier molecular flexibility index (Phi) is 5.83. The standard InChI is InChI=1S/C20H25F2N7O3S2/c1-11-6-28(7-12(2)24-11)14-4-13(34(30,31)27-20(3)8-32-9-20)5-15-16(14)23-10-29(15)19-26-25-18(33-19)17(21)22/h4-5,10-12,17,24,27H,6-9H2,1-3H3/t11-,12-/m0/s1. The van der Waals surface area contributed by atoms with Crippen molar-refractivity contribution < 1.29 is 21.9 Å². The Morgan fingerprint density at radius 2 is 1.94 bits per heavy atom. The van der Waals surface area contributed by atoms with Gasteiger partial charge < -0.3 is 15.0 Å². The van der Waals surface area contributed by atoms with E-state index in [-0.39, 0.29) is 35.3 Å². The molecule has 184 valence electrons. The van der Waals surface area contributed by atoms with Crippen LogP contribution in [0.5, 0.6) is 0 Å². The summed E-state index contributed by atoms with van der Waals surface area (Å²) in [6.45, 7) is 7.79. The van der Waals surface area contributed by atoms with Gasteiger partial charge in [0.15, 0.2) is 5.01 Å². The van der Waals surface area contributed by atoms with Gasteiger partial charge in [0.2, 0.25) is 15.2 Å². The Hall–Kier alpha value is -2.26. The Morgan fingerprint density at radius 3 is 2.53 bits per heavy atom. The van der Waals surface area contributed by atoms with Crippen LogP contribution in [0.1, 0.15) is 32.2 Å². The third-order valence-corrected chi connectivity index (χ3v) is 8.41. The number of rotatable bonds is 6. The minimum atomic E-state index is -3.91. The highest BCUT2D eigenvalue weighted by Crippen LogP contribution is 2.34. The van der Waals surface area contributed by atoms with Crippen molar-refractivity contribution in [1.29, 1.82) is 0 Å². The summed E-state index contributed by atoms with van der Waals surface area (Å²) >= 11 is 0.737. The lowest BCUT2D eigenvalue weighted by molar-refractivity contribution is -0.0523. The smallest absolute Gasteiger partial charge is 0.291 e. The molecule has 14 heteroatoms. The highest BCUT2D eigenvalue weighted by molar-refractivity contribution is 7.89. The van der Waals surface area contributed by atoms with E-state index < -0.39 is 27.0 Å². The van der Waals surface area contributed by atoms with Gasteiger partial charge in [0, 0.05) is 25.2 Å². The molecule has 2 N–H and O–H groups in total. The number of aromatic nitrogens is 4. The van der Waals surface area contributed by atoms with Crippen LogP contribution in [-0.4, -0.2) is 72.1 Å². The van der Waals surface area contributed by atoms with Gasteiger partial charge in [-0.05, 0) is 32.9 Å². The lowest BCUT2D eigenvalue weighted by Gasteiger charge is -2.39. The van der Waals surface area contributed by atoms with E-state index in [0.29, 0.717) is 29.8 Å². The van der Waals surface area contributed by atoms with Crippen molar-refractivity contribution in [2.75, 3.05) is 31.2 Å². The summed E-state index contributed by atoms with van der Waals surface area (Å²) in [4.78, 5) is 6.67. The van der Waals surface area contributed by atoms with E-state index in [4.69, 9.17) is 4.74 Å². The lowest BCUT2D eigenvalue weighted by atomic mass is 10.0. The van der Waals surface area contributed by atoms with E-state index in [9.17, 15) is 17.2 Å².